The average molecular weight is 259 g/mol. The van der Waals surface area contributed by atoms with Crippen molar-refractivity contribution in [3.63, 3.8) is 0 Å². The Labute approximate surface area is 114 Å². The van der Waals surface area contributed by atoms with Gasteiger partial charge in [0.25, 0.3) is 0 Å². The average Bonchev–Trinajstić information content (AvgIpc) is 3.02. The minimum atomic E-state index is 0.574. The predicted molar refractivity (Wildman–Crippen MR) is 80.2 cm³/mol. The van der Waals surface area contributed by atoms with Crippen LogP contribution in [-0.4, -0.2) is 12.3 Å². The van der Waals surface area contributed by atoms with Crippen molar-refractivity contribution in [1.29, 1.82) is 0 Å². The normalized spacial score (nSPS) is 30.7. The van der Waals surface area contributed by atoms with Gasteiger partial charge >= 0.3 is 0 Å². The van der Waals surface area contributed by atoms with Crippen molar-refractivity contribution in [3.05, 3.63) is 36.4 Å². The maximum Gasteiger partial charge on any atom is 0.0343 e. The monoisotopic (exact) mass is 259 g/mol. The lowest BCUT2D eigenvalue weighted by atomic mass is 9.87. The van der Waals surface area contributed by atoms with Crippen LogP contribution in [-0.2, 0) is 0 Å². The highest BCUT2D eigenvalue weighted by molar-refractivity contribution is 7.98. The van der Waals surface area contributed by atoms with Crippen molar-refractivity contribution < 1.29 is 0 Å². The number of nitrogens with one attached hydrogen (secondary N) is 1. The predicted octanol–water partition coefficient (Wildman–Crippen LogP) is 4.42. The van der Waals surface area contributed by atoms with Crippen molar-refractivity contribution in [1.82, 2.24) is 0 Å². The maximum absolute atomic E-state index is 3.68. The first-order valence-electron chi connectivity index (χ1n) is 6.85. The summed E-state index contributed by atoms with van der Waals surface area (Å²) in [6.07, 6.45) is 9.74. The molecule has 2 heteroatoms. The van der Waals surface area contributed by atoms with Gasteiger partial charge in [0.2, 0.25) is 0 Å². The summed E-state index contributed by atoms with van der Waals surface area (Å²) in [7, 11) is 0. The van der Waals surface area contributed by atoms with Crippen molar-refractivity contribution in [3.8, 4) is 0 Å². The van der Waals surface area contributed by atoms with E-state index in [2.05, 4.69) is 54.9 Å². The molecule has 0 radical (unpaired) electrons. The summed E-state index contributed by atoms with van der Waals surface area (Å²) in [4.78, 5) is 1.33. The number of rotatable bonds is 4. The first-order chi connectivity index (χ1) is 8.76. The van der Waals surface area contributed by atoms with Gasteiger partial charge in [0, 0.05) is 16.6 Å². The quantitative estimate of drug-likeness (QED) is 0.634. The van der Waals surface area contributed by atoms with Gasteiger partial charge in [-0.05, 0) is 68.0 Å². The van der Waals surface area contributed by atoms with Crippen LogP contribution in [0.2, 0.25) is 0 Å². The van der Waals surface area contributed by atoms with Gasteiger partial charge < -0.3 is 5.32 Å². The SMILES string of the molecule is CSc1ccc(NC(C)C2CC3C=CC2C3)cc1. The van der Waals surface area contributed by atoms with E-state index in [1.165, 1.54) is 23.4 Å². The minimum absolute atomic E-state index is 0.574. The van der Waals surface area contributed by atoms with Crippen molar-refractivity contribution >= 4 is 17.4 Å². The molecule has 1 nitrogen and oxygen atoms in total. The molecular formula is C16H21NS. The highest BCUT2D eigenvalue weighted by Gasteiger charge is 2.38. The van der Waals surface area contributed by atoms with Crippen molar-refractivity contribution in [2.24, 2.45) is 17.8 Å². The number of fused-ring (bicyclic) bond motifs is 2. The summed E-state index contributed by atoms with van der Waals surface area (Å²) in [5.41, 5.74) is 1.26. The largest absolute Gasteiger partial charge is 0.382 e. The molecule has 2 aliphatic carbocycles. The zero-order valence-corrected chi connectivity index (χ0v) is 11.9. The van der Waals surface area contributed by atoms with E-state index in [1.54, 1.807) is 11.8 Å². The molecule has 1 aromatic rings. The molecule has 1 N–H and O–H groups in total. The van der Waals surface area contributed by atoms with Gasteiger partial charge in [-0.3, -0.25) is 0 Å². The van der Waals surface area contributed by atoms with Gasteiger partial charge in [-0.15, -0.1) is 11.8 Å². The molecule has 3 rings (SSSR count). The van der Waals surface area contributed by atoms with E-state index >= 15 is 0 Å². The van der Waals surface area contributed by atoms with E-state index in [-0.39, 0.29) is 0 Å². The molecule has 4 atom stereocenters. The van der Waals surface area contributed by atoms with Crippen LogP contribution in [0.3, 0.4) is 0 Å². The number of thioether (sulfide) groups is 1. The second-order valence-corrected chi connectivity index (χ2v) is 6.49. The lowest BCUT2D eigenvalue weighted by molar-refractivity contribution is 0.400. The minimum Gasteiger partial charge on any atom is -0.382 e. The number of allylic oxidation sites excluding steroid dienone is 2. The third kappa shape index (κ3) is 2.31. The summed E-state index contributed by atoms with van der Waals surface area (Å²) in [6, 6.07) is 9.36. The highest BCUT2D eigenvalue weighted by Crippen LogP contribution is 2.45. The molecule has 0 spiro atoms. The summed E-state index contributed by atoms with van der Waals surface area (Å²) in [5.74, 6) is 2.51. The molecule has 0 aromatic heterocycles. The van der Waals surface area contributed by atoms with Crippen LogP contribution in [0, 0.1) is 17.8 Å². The lowest BCUT2D eigenvalue weighted by Crippen LogP contribution is -2.28. The molecule has 0 heterocycles. The molecule has 2 aliphatic rings. The molecule has 0 amide bonds. The summed E-state index contributed by atoms with van der Waals surface area (Å²) in [6.45, 7) is 2.34. The maximum atomic E-state index is 3.68. The number of benzene rings is 1. The third-order valence-electron chi connectivity index (χ3n) is 4.46. The highest BCUT2D eigenvalue weighted by atomic mass is 32.2. The molecular weight excluding hydrogens is 238 g/mol. The number of hydrogen-bond donors (Lipinski definition) is 1. The van der Waals surface area contributed by atoms with Crippen molar-refractivity contribution in [2.45, 2.75) is 30.7 Å². The molecule has 96 valence electrons. The van der Waals surface area contributed by atoms with E-state index < -0.39 is 0 Å². The van der Waals surface area contributed by atoms with Crippen LogP contribution < -0.4 is 5.32 Å². The Hall–Kier alpha value is -0.890. The van der Waals surface area contributed by atoms with Crippen LogP contribution >= 0.6 is 11.8 Å². The van der Waals surface area contributed by atoms with Crippen LogP contribution in [0.1, 0.15) is 19.8 Å². The van der Waals surface area contributed by atoms with E-state index in [1.807, 2.05) is 0 Å². The number of anilines is 1. The van der Waals surface area contributed by atoms with E-state index in [9.17, 15) is 0 Å². The molecule has 0 saturated heterocycles. The zero-order valence-electron chi connectivity index (χ0n) is 11.1. The fourth-order valence-electron chi connectivity index (χ4n) is 3.46. The standard InChI is InChI=1S/C16H21NS/c1-11(16-10-12-3-4-13(16)9-12)17-14-5-7-15(18-2)8-6-14/h3-8,11-13,16-17H,9-10H2,1-2H3. The van der Waals surface area contributed by atoms with Crippen LogP contribution in [0.25, 0.3) is 0 Å². The second-order valence-electron chi connectivity index (χ2n) is 5.61. The third-order valence-corrected chi connectivity index (χ3v) is 5.20. The molecule has 1 fully saturated rings. The van der Waals surface area contributed by atoms with Gasteiger partial charge in [-0.2, -0.15) is 0 Å². The van der Waals surface area contributed by atoms with E-state index in [4.69, 9.17) is 0 Å². The first kappa shape index (κ1) is 12.2. The molecule has 2 bridgehead atoms. The Balaban J connectivity index is 1.63. The topological polar surface area (TPSA) is 12.0 Å². The summed E-state index contributed by atoms with van der Waals surface area (Å²) in [5, 5.41) is 3.68. The van der Waals surface area contributed by atoms with Gasteiger partial charge in [0.05, 0.1) is 0 Å². The molecule has 4 unspecified atom stereocenters. The Morgan fingerprint density at radius 3 is 2.50 bits per heavy atom. The zero-order chi connectivity index (χ0) is 12.5. The Bertz CT molecular complexity index is 437. The van der Waals surface area contributed by atoms with E-state index in [0.717, 1.165) is 17.8 Å². The van der Waals surface area contributed by atoms with Crippen molar-refractivity contribution in [2.75, 3.05) is 11.6 Å². The first-order valence-corrected chi connectivity index (χ1v) is 8.07. The van der Waals surface area contributed by atoms with Crippen LogP contribution in [0.15, 0.2) is 41.3 Å². The van der Waals surface area contributed by atoms with Gasteiger partial charge in [-0.1, -0.05) is 12.2 Å². The molecule has 0 aliphatic heterocycles. The second kappa shape index (κ2) is 5.00. The Kier molecular flexibility index (Phi) is 3.38. The molecule has 1 saturated carbocycles. The van der Waals surface area contributed by atoms with Gasteiger partial charge in [0.15, 0.2) is 0 Å². The van der Waals surface area contributed by atoms with Crippen LogP contribution in [0.4, 0.5) is 5.69 Å². The lowest BCUT2D eigenvalue weighted by Gasteiger charge is -2.27. The molecule has 1 aromatic carbocycles. The van der Waals surface area contributed by atoms with Gasteiger partial charge in [-0.25, -0.2) is 0 Å². The summed E-state index contributed by atoms with van der Waals surface area (Å²) < 4.78 is 0. The fourth-order valence-corrected chi connectivity index (χ4v) is 3.86. The fraction of sp³-hybridized carbons (Fsp3) is 0.500. The van der Waals surface area contributed by atoms with Crippen LogP contribution in [0.5, 0.6) is 0 Å². The van der Waals surface area contributed by atoms with E-state index in [0.29, 0.717) is 6.04 Å². The number of hydrogen-bond acceptors (Lipinski definition) is 2. The Morgan fingerprint density at radius 1 is 1.17 bits per heavy atom. The Morgan fingerprint density at radius 2 is 1.94 bits per heavy atom. The smallest absolute Gasteiger partial charge is 0.0343 e. The molecule has 18 heavy (non-hydrogen) atoms. The van der Waals surface area contributed by atoms with Gasteiger partial charge in [0.1, 0.15) is 0 Å². The summed E-state index contributed by atoms with van der Waals surface area (Å²) >= 11 is 1.79.